The Labute approximate surface area is 79.7 Å². The molecule has 0 spiro atoms. The van der Waals surface area contributed by atoms with E-state index in [0.717, 1.165) is 0 Å². The van der Waals surface area contributed by atoms with Crippen LogP contribution in [-0.4, -0.2) is 13.2 Å². The van der Waals surface area contributed by atoms with Crippen molar-refractivity contribution in [3.8, 4) is 0 Å². The van der Waals surface area contributed by atoms with Crippen LogP contribution in [-0.2, 0) is 4.74 Å². The quantitative estimate of drug-likeness (QED) is 0.798. The number of nitrogens with one attached hydrogen (secondary N) is 1. The van der Waals surface area contributed by atoms with Crippen molar-refractivity contribution >= 4 is 11.8 Å². The molecule has 1 amide bonds. The maximum Gasteiger partial charge on any atom is 0.411 e. The van der Waals surface area contributed by atoms with Crippen LogP contribution in [0.1, 0.15) is 12.0 Å². The van der Waals surface area contributed by atoms with Gasteiger partial charge in [-0.3, -0.25) is 5.32 Å². The molecule has 0 radical (unpaired) electrons. The second-order valence-corrected chi connectivity index (χ2v) is 2.54. The van der Waals surface area contributed by atoms with Crippen LogP contribution in [0, 0.1) is 0 Å². The summed E-state index contributed by atoms with van der Waals surface area (Å²) < 4.78 is 28.6. The van der Waals surface area contributed by atoms with Crippen LogP contribution in [0.2, 0.25) is 0 Å². The lowest BCUT2D eigenvalue weighted by Gasteiger charge is -2.04. The number of methoxy groups -OCH3 is 1. The summed E-state index contributed by atoms with van der Waals surface area (Å²) in [6, 6.07) is 5.27. The Bertz CT molecular complexity index is 311. The van der Waals surface area contributed by atoms with E-state index in [1.807, 2.05) is 0 Å². The fourth-order valence-electron chi connectivity index (χ4n) is 0.881. The molecule has 0 aromatic heterocycles. The second kappa shape index (κ2) is 4.55. The highest BCUT2D eigenvalue weighted by molar-refractivity contribution is 5.84. The van der Waals surface area contributed by atoms with E-state index in [-0.39, 0.29) is 5.56 Å². The smallest absolute Gasteiger partial charge is 0.411 e. The van der Waals surface area contributed by atoms with Gasteiger partial charge in [0.05, 0.1) is 7.11 Å². The molecule has 0 saturated heterocycles. The van der Waals surface area contributed by atoms with Gasteiger partial charge in [-0.05, 0) is 12.1 Å². The highest BCUT2D eigenvalue weighted by atomic mass is 19.3. The highest BCUT2D eigenvalue weighted by Crippen LogP contribution is 2.20. The van der Waals surface area contributed by atoms with Crippen LogP contribution in [0.15, 0.2) is 24.3 Å². The third kappa shape index (κ3) is 2.69. The van der Waals surface area contributed by atoms with Crippen molar-refractivity contribution in [2.75, 3.05) is 12.4 Å². The maximum absolute atomic E-state index is 12.1. The number of alkyl halides is 2. The van der Waals surface area contributed by atoms with Crippen molar-refractivity contribution in [2.24, 2.45) is 0 Å². The predicted molar refractivity (Wildman–Crippen MR) is 47.4 cm³/mol. The molecule has 1 aromatic rings. The zero-order valence-corrected chi connectivity index (χ0v) is 7.46. The summed E-state index contributed by atoms with van der Waals surface area (Å²) in [5.74, 6) is 0. The minimum absolute atomic E-state index is 0.0829. The number of ether oxygens (including phenoxy) is 1. The zero-order valence-electron chi connectivity index (χ0n) is 7.46. The Hall–Kier alpha value is -1.65. The lowest BCUT2D eigenvalue weighted by atomic mass is 10.2. The third-order valence-corrected chi connectivity index (χ3v) is 1.59. The zero-order chi connectivity index (χ0) is 10.6. The van der Waals surface area contributed by atoms with Gasteiger partial charge in [0.25, 0.3) is 6.43 Å². The van der Waals surface area contributed by atoms with E-state index < -0.39 is 12.5 Å². The molecule has 0 heterocycles. The van der Waals surface area contributed by atoms with Gasteiger partial charge in [-0.2, -0.15) is 0 Å². The summed E-state index contributed by atoms with van der Waals surface area (Å²) in [5, 5.41) is 2.35. The van der Waals surface area contributed by atoms with E-state index >= 15 is 0 Å². The second-order valence-electron chi connectivity index (χ2n) is 2.54. The van der Waals surface area contributed by atoms with Crippen LogP contribution in [0.3, 0.4) is 0 Å². The van der Waals surface area contributed by atoms with Gasteiger partial charge in [-0.1, -0.05) is 12.1 Å². The lowest BCUT2D eigenvalue weighted by Crippen LogP contribution is -2.10. The number of hydrogen-bond donors (Lipinski definition) is 1. The van der Waals surface area contributed by atoms with E-state index in [9.17, 15) is 13.6 Å². The minimum Gasteiger partial charge on any atom is -0.453 e. The van der Waals surface area contributed by atoms with Crippen LogP contribution in [0.5, 0.6) is 0 Å². The first-order chi connectivity index (χ1) is 6.63. The number of carbonyl (C=O) groups is 1. The lowest BCUT2D eigenvalue weighted by molar-refractivity contribution is 0.151. The van der Waals surface area contributed by atoms with Gasteiger partial charge in [0, 0.05) is 11.3 Å². The first kappa shape index (κ1) is 10.4. The Balaban J connectivity index is 2.69. The van der Waals surface area contributed by atoms with Crippen LogP contribution in [0.25, 0.3) is 0 Å². The predicted octanol–water partition coefficient (Wildman–Crippen LogP) is 2.80. The van der Waals surface area contributed by atoms with E-state index in [4.69, 9.17) is 0 Å². The Morgan fingerprint density at radius 3 is 2.36 bits per heavy atom. The Morgan fingerprint density at radius 1 is 1.36 bits per heavy atom. The molecular formula is C9H9F2NO2. The van der Waals surface area contributed by atoms with E-state index in [1.54, 1.807) is 0 Å². The standard InChI is InChI=1S/C9H9F2NO2/c1-14-9(13)12-7-4-2-6(3-5-7)8(10)11/h2-5,8H,1H3,(H,12,13). The highest BCUT2D eigenvalue weighted by Gasteiger charge is 2.06. The average Bonchev–Trinajstić information content (AvgIpc) is 2.18. The van der Waals surface area contributed by atoms with Crippen LogP contribution < -0.4 is 5.32 Å². The summed E-state index contributed by atoms with van der Waals surface area (Å²) in [6.45, 7) is 0. The van der Waals surface area contributed by atoms with Crippen molar-refractivity contribution in [1.29, 1.82) is 0 Å². The Kier molecular flexibility index (Phi) is 3.39. The van der Waals surface area contributed by atoms with Gasteiger partial charge in [0.2, 0.25) is 0 Å². The molecule has 1 rings (SSSR count). The molecule has 0 saturated carbocycles. The molecule has 0 fully saturated rings. The van der Waals surface area contributed by atoms with E-state index in [2.05, 4.69) is 10.1 Å². The van der Waals surface area contributed by atoms with E-state index in [1.165, 1.54) is 31.4 Å². The van der Waals surface area contributed by atoms with Gasteiger partial charge in [-0.25, -0.2) is 13.6 Å². The minimum atomic E-state index is -2.50. The van der Waals surface area contributed by atoms with Gasteiger partial charge in [0.15, 0.2) is 0 Å². The van der Waals surface area contributed by atoms with Gasteiger partial charge >= 0.3 is 6.09 Å². The number of anilines is 1. The van der Waals surface area contributed by atoms with Gasteiger partial charge in [0.1, 0.15) is 0 Å². The molecule has 1 aromatic carbocycles. The normalized spacial score (nSPS) is 10.0. The summed E-state index contributed by atoms with van der Waals surface area (Å²) >= 11 is 0. The van der Waals surface area contributed by atoms with Crippen molar-refractivity contribution in [2.45, 2.75) is 6.43 Å². The average molecular weight is 201 g/mol. The number of amides is 1. The number of halogens is 2. The molecule has 0 atom stereocenters. The fourth-order valence-corrected chi connectivity index (χ4v) is 0.881. The molecule has 0 unspecified atom stereocenters. The molecule has 0 aliphatic heterocycles. The number of benzene rings is 1. The largest absolute Gasteiger partial charge is 0.453 e. The fraction of sp³-hybridized carbons (Fsp3) is 0.222. The molecular weight excluding hydrogens is 192 g/mol. The van der Waals surface area contributed by atoms with Crippen molar-refractivity contribution in [3.63, 3.8) is 0 Å². The Morgan fingerprint density at radius 2 is 1.93 bits per heavy atom. The summed E-state index contributed by atoms with van der Waals surface area (Å²) in [4.78, 5) is 10.7. The number of rotatable bonds is 2. The molecule has 1 N–H and O–H groups in total. The molecule has 14 heavy (non-hydrogen) atoms. The van der Waals surface area contributed by atoms with Gasteiger partial charge < -0.3 is 4.74 Å². The van der Waals surface area contributed by atoms with Crippen molar-refractivity contribution < 1.29 is 18.3 Å². The van der Waals surface area contributed by atoms with Crippen molar-refractivity contribution in [3.05, 3.63) is 29.8 Å². The van der Waals surface area contributed by atoms with Crippen LogP contribution in [0.4, 0.5) is 19.3 Å². The molecule has 0 aliphatic carbocycles. The number of hydrogen-bond acceptors (Lipinski definition) is 2. The SMILES string of the molecule is COC(=O)Nc1ccc(C(F)F)cc1. The number of carbonyl (C=O) groups excluding carboxylic acids is 1. The first-order valence-corrected chi connectivity index (χ1v) is 3.86. The van der Waals surface area contributed by atoms with E-state index in [0.29, 0.717) is 5.69 Å². The van der Waals surface area contributed by atoms with Gasteiger partial charge in [-0.15, -0.1) is 0 Å². The topological polar surface area (TPSA) is 38.3 Å². The maximum atomic E-state index is 12.1. The summed E-state index contributed by atoms with van der Waals surface area (Å²) in [7, 11) is 1.23. The molecule has 76 valence electrons. The summed E-state index contributed by atoms with van der Waals surface area (Å²) in [5.41, 5.74) is 0.335. The molecule has 0 bridgehead atoms. The van der Waals surface area contributed by atoms with Crippen molar-refractivity contribution in [1.82, 2.24) is 0 Å². The molecule has 3 nitrogen and oxygen atoms in total. The molecule has 5 heteroatoms. The summed E-state index contributed by atoms with van der Waals surface area (Å²) in [6.07, 6.45) is -3.13. The third-order valence-electron chi connectivity index (χ3n) is 1.59. The van der Waals surface area contributed by atoms with Crippen LogP contribution >= 0.6 is 0 Å². The monoisotopic (exact) mass is 201 g/mol. The molecule has 0 aliphatic rings. The first-order valence-electron chi connectivity index (χ1n) is 3.86.